The predicted octanol–water partition coefficient (Wildman–Crippen LogP) is 2.33. The number of rotatable bonds is 4. The predicted molar refractivity (Wildman–Crippen MR) is 64.6 cm³/mol. The van der Waals surface area contributed by atoms with E-state index in [-0.39, 0.29) is 0 Å². The van der Waals surface area contributed by atoms with Crippen molar-refractivity contribution in [2.75, 3.05) is 0 Å². The number of para-hydroxylation sites is 1. The first-order valence-electron chi connectivity index (χ1n) is 5.54. The van der Waals surface area contributed by atoms with E-state index in [2.05, 4.69) is 5.16 Å². The first-order chi connectivity index (χ1) is 8.20. The molecule has 0 aliphatic heterocycles. The van der Waals surface area contributed by atoms with E-state index in [1.807, 2.05) is 38.1 Å². The third-order valence-corrected chi connectivity index (χ3v) is 2.55. The molecule has 4 heteroatoms. The van der Waals surface area contributed by atoms with Gasteiger partial charge in [0, 0.05) is 18.2 Å². The van der Waals surface area contributed by atoms with E-state index < -0.39 is 0 Å². The summed E-state index contributed by atoms with van der Waals surface area (Å²) in [7, 11) is 0. The Balaban J connectivity index is 2.13. The highest BCUT2D eigenvalue weighted by molar-refractivity contribution is 5.40. The van der Waals surface area contributed by atoms with Crippen molar-refractivity contribution in [2.45, 2.75) is 27.0 Å². The summed E-state index contributed by atoms with van der Waals surface area (Å²) in [5, 5.41) is 3.88. The molecule has 0 atom stereocenters. The van der Waals surface area contributed by atoms with Crippen LogP contribution in [0.4, 0.5) is 0 Å². The lowest BCUT2D eigenvalue weighted by Gasteiger charge is -2.11. The summed E-state index contributed by atoms with van der Waals surface area (Å²) >= 11 is 0. The minimum atomic E-state index is 0.398. The summed E-state index contributed by atoms with van der Waals surface area (Å²) in [6, 6.07) is 7.81. The molecule has 0 amide bonds. The molecule has 0 radical (unpaired) electrons. The Morgan fingerprint density at radius 3 is 2.82 bits per heavy atom. The van der Waals surface area contributed by atoms with Gasteiger partial charge < -0.3 is 15.0 Å². The van der Waals surface area contributed by atoms with Gasteiger partial charge in [0.1, 0.15) is 23.8 Å². The van der Waals surface area contributed by atoms with Gasteiger partial charge in [0.2, 0.25) is 0 Å². The van der Waals surface area contributed by atoms with E-state index in [0.29, 0.717) is 13.2 Å². The molecule has 2 N–H and O–H groups in total. The third kappa shape index (κ3) is 2.65. The zero-order valence-corrected chi connectivity index (χ0v) is 10.1. The zero-order chi connectivity index (χ0) is 12.3. The summed E-state index contributed by atoms with van der Waals surface area (Å²) in [5.74, 6) is 1.63. The Morgan fingerprint density at radius 1 is 1.35 bits per heavy atom. The lowest BCUT2D eigenvalue weighted by Crippen LogP contribution is -2.04. The summed E-state index contributed by atoms with van der Waals surface area (Å²) < 4.78 is 10.7. The van der Waals surface area contributed by atoms with E-state index in [1.165, 1.54) is 0 Å². The highest BCUT2D eigenvalue weighted by Crippen LogP contribution is 2.23. The minimum Gasteiger partial charge on any atom is -0.487 e. The maximum absolute atomic E-state index is 5.76. The quantitative estimate of drug-likeness (QED) is 0.878. The number of hydrogen-bond donors (Lipinski definition) is 1. The fraction of sp³-hybridized carbons (Fsp3) is 0.308. The molecule has 1 heterocycles. The average molecular weight is 232 g/mol. The number of benzene rings is 1. The molecule has 0 fully saturated rings. The molecular weight excluding hydrogens is 216 g/mol. The second-order valence-corrected chi connectivity index (χ2v) is 3.98. The van der Waals surface area contributed by atoms with Crippen LogP contribution in [0.3, 0.4) is 0 Å². The van der Waals surface area contributed by atoms with Crippen LogP contribution in [-0.4, -0.2) is 5.16 Å². The van der Waals surface area contributed by atoms with Gasteiger partial charge in [-0.15, -0.1) is 0 Å². The molecule has 0 saturated heterocycles. The topological polar surface area (TPSA) is 61.3 Å². The minimum absolute atomic E-state index is 0.398. The smallest absolute Gasteiger partial charge is 0.134 e. The van der Waals surface area contributed by atoms with Crippen LogP contribution in [0, 0.1) is 13.8 Å². The van der Waals surface area contributed by atoms with Crippen LogP contribution in [-0.2, 0) is 13.2 Å². The van der Waals surface area contributed by atoms with Crippen LogP contribution in [0.25, 0.3) is 0 Å². The molecule has 0 unspecified atom stereocenters. The second-order valence-electron chi connectivity index (χ2n) is 3.98. The van der Waals surface area contributed by atoms with Gasteiger partial charge in [-0.25, -0.2) is 0 Å². The van der Waals surface area contributed by atoms with Gasteiger partial charge in [0.15, 0.2) is 0 Å². The number of aryl methyl sites for hydroxylation is 2. The lowest BCUT2D eigenvalue weighted by atomic mass is 10.1. The molecule has 4 nitrogen and oxygen atoms in total. The first kappa shape index (κ1) is 11.7. The summed E-state index contributed by atoms with van der Waals surface area (Å²) in [5.41, 5.74) is 8.55. The van der Waals surface area contributed by atoms with Crippen molar-refractivity contribution in [3.8, 4) is 5.75 Å². The van der Waals surface area contributed by atoms with Gasteiger partial charge in [-0.3, -0.25) is 0 Å². The zero-order valence-electron chi connectivity index (χ0n) is 10.1. The summed E-state index contributed by atoms with van der Waals surface area (Å²) in [4.78, 5) is 0. The number of aromatic nitrogens is 1. The molecule has 1 aromatic heterocycles. The Kier molecular flexibility index (Phi) is 3.44. The van der Waals surface area contributed by atoms with E-state index >= 15 is 0 Å². The van der Waals surface area contributed by atoms with Crippen molar-refractivity contribution >= 4 is 0 Å². The van der Waals surface area contributed by atoms with E-state index in [9.17, 15) is 0 Å². The molecule has 0 aliphatic carbocycles. The number of nitrogens with two attached hydrogens (primary N) is 1. The highest BCUT2D eigenvalue weighted by atomic mass is 16.5. The van der Waals surface area contributed by atoms with Gasteiger partial charge in [-0.2, -0.15) is 0 Å². The fourth-order valence-electron chi connectivity index (χ4n) is 1.71. The van der Waals surface area contributed by atoms with Crippen molar-refractivity contribution in [3.05, 3.63) is 46.8 Å². The Labute approximate surface area is 100 Å². The van der Waals surface area contributed by atoms with Gasteiger partial charge in [0.05, 0.1) is 0 Å². The standard InChI is InChI=1S/C13H16N2O2/c1-9-4-3-5-11(7-14)13(9)16-8-12-6-10(2)17-15-12/h3-6H,7-8,14H2,1-2H3. The van der Waals surface area contributed by atoms with Crippen molar-refractivity contribution in [1.82, 2.24) is 5.16 Å². The molecular formula is C13H16N2O2. The Hall–Kier alpha value is -1.81. The fourth-order valence-corrected chi connectivity index (χ4v) is 1.71. The SMILES string of the molecule is Cc1cc(COc2c(C)cccc2CN)no1. The molecule has 17 heavy (non-hydrogen) atoms. The Morgan fingerprint density at radius 2 is 2.18 bits per heavy atom. The van der Waals surface area contributed by atoms with Crippen LogP contribution in [0.1, 0.15) is 22.6 Å². The van der Waals surface area contributed by atoms with Crippen molar-refractivity contribution < 1.29 is 9.26 Å². The van der Waals surface area contributed by atoms with E-state index in [4.69, 9.17) is 15.0 Å². The van der Waals surface area contributed by atoms with Gasteiger partial charge in [-0.1, -0.05) is 23.4 Å². The molecule has 0 aliphatic rings. The second kappa shape index (κ2) is 5.01. The first-order valence-corrected chi connectivity index (χ1v) is 5.54. The van der Waals surface area contributed by atoms with Gasteiger partial charge >= 0.3 is 0 Å². The number of hydrogen-bond acceptors (Lipinski definition) is 4. The van der Waals surface area contributed by atoms with Gasteiger partial charge in [-0.05, 0) is 19.4 Å². The molecule has 0 spiro atoms. The molecule has 0 bridgehead atoms. The molecule has 2 rings (SSSR count). The van der Waals surface area contributed by atoms with Gasteiger partial charge in [0.25, 0.3) is 0 Å². The van der Waals surface area contributed by atoms with Crippen LogP contribution in [0.15, 0.2) is 28.8 Å². The number of nitrogens with zero attached hydrogens (tertiary/aromatic N) is 1. The maximum Gasteiger partial charge on any atom is 0.134 e. The highest BCUT2D eigenvalue weighted by Gasteiger charge is 2.07. The van der Waals surface area contributed by atoms with Crippen LogP contribution in [0.5, 0.6) is 5.75 Å². The third-order valence-electron chi connectivity index (χ3n) is 2.55. The maximum atomic E-state index is 5.76. The normalized spacial score (nSPS) is 10.5. The average Bonchev–Trinajstić information content (AvgIpc) is 2.73. The molecule has 0 saturated carbocycles. The largest absolute Gasteiger partial charge is 0.487 e. The van der Waals surface area contributed by atoms with E-state index in [1.54, 1.807) is 0 Å². The van der Waals surface area contributed by atoms with E-state index in [0.717, 1.165) is 28.3 Å². The summed E-state index contributed by atoms with van der Waals surface area (Å²) in [6.45, 7) is 4.72. The molecule has 1 aromatic carbocycles. The van der Waals surface area contributed by atoms with Crippen LogP contribution >= 0.6 is 0 Å². The molecule has 90 valence electrons. The number of ether oxygens (including phenoxy) is 1. The van der Waals surface area contributed by atoms with Crippen molar-refractivity contribution in [1.29, 1.82) is 0 Å². The van der Waals surface area contributed by atoms with Crippen molar-refractivity contribution in [3.63, 3.8) is 0 Å². The lowest BCUT2D eigenvalue weighted by molar-refractivity contribution is 0.283. The Bertz CT molecular complexity index is 506. The summed E-state index contributed by atoms with van der Waals surface area (Å²) in [6.07, 6.45) is 0. The monoisotopic (exact) mass is 232 g/mol. The van der Waals surface area contributed by atoms with Crippen LogP contribution < -0.4 is 10.5 Å². The van der Waals surface area contributed by atoms with Crippen LogP contribution in [0.2, 0.25) is 0 Å². The van der Waals surface area contributed by atoms with Crippen molar-refractivity contribution in [2.24, 2.45) is 5.73 Å². The molecule has 2 aromatic rings.